The fraction of sp³-hybridized carbons (Fsp3) is 0.500. The van der Waals surface area contributed by atoms with Crippen LogP contribution in [-0.2, 0) is 12.9 Å². The van der Waals surface area contributed by atoms with Crippen LogP contribution in [0.1, 0.15) is 11.3 Å². The number of aromatic nitrogens is 2. The Morgan fingerprint density at radius 1 is 1.78 bits per heavy atom. The van der Waals surface area contributed by atoms with Gasteiger partial charge < -0.3 is 0 Å². The molecule has 3 heteroatoms. The number of hydrogen-bond donors (Lipinski definition) is 0. The molecule has 9 heavy (non-hydrogen) atoms. The minimum Gasteiger partial charge on any atom is -0.275 e. The van der Waals surface area contributed by atoms with Gasteiger partial charge in [-0.2, -0.15) is 5.10 Å². The molecule has 0 aliphatic carbocycles. The molecule has 0 N–H and O–H groups in total. The van der Waals surface area contributed by atoms with Gasteiger partial charge in [0.2, 0.25) is 0 Å². The largest absolute Gasteiger partial charge is 0.275 e. The molecule has 50 valence electrons. The highest BCUT2D eigenvalue weighted by Gasteiger charge is 1.98. The van der Waals surface area contributed by atoms with Crippen molar-refractivity contribution in [3.8, 4) is 0 Å². The summed E-state index contributed by atoms with van der Waals surface area (Å²) in [7, 11) is 1.89. The van der Waals surface area contributed by atoms with Crippen molar-refractivity contribution in [2.45, 2.75) is 12.8 Å². The van der Waals surface area contributed by atoms with Gasteiger partial charge in [-0.15, -0.1) is 11.6 Å². The monoisotopic (exact) mass is 144 g/mol. The predicted molar refractivity (Wildman–Crippen MR) is 37.5 cm³/mol. The van der Waals surface area contributed by atoms with E-state index in [1.54, 1.807) is 4.68 Å². The van der Waals surface area contributed by atoms with E-state index in [1.807, 2.05) is 20.2 Å². The standard InChI is InChI=1S/C6H9ClN2/c1-5-6(3-7)4-9(2)8-5/h4H,3H2,1-2H3. The molecule has 0 saturated carbocycles. The van der Waals surface area contributed by atoms with Crippen molar-refractivity contribution in [2.24, 2.45) is 7.05 Å². The van der Waals surface area contributed by atoms with Crippen molar-refractivity contribution < 1.29 is 0 Å². The van der Waals surface area contributed by atoms with Crippen molar-refractivity contribution in [1.29, 1.82) is 0 Å². The molecule has 0 fully saturated rings. The molecule has 0 radical (unpaired) electrons. The average molecular weight is 145 g/mol. The van der Waals surface area contributed by atoms with Gasteiger partial charge in [-0.1, -0.05) is 0 Å². The van der Waals surface area contributed by atoms with Crippen molar-refractivity contribution in [3.63, 3.8) is 0 Å². The minimum absolute atomic E-state index is 0.555. The summed E-state index contributed by atoms with van der Waals surface area (Å²) in [6.07, 6.45) is 1.93. The van der Waals surface area contributed by atoms with Crippen LogP contribution in [0.3, 0.4) is 0 Å². The first-order chi connectivity index (χ1) is 4.24. The van der Waals surface area contributed by atoms with Crippen LogP contribution in [-0.4, -0.2) is 9.78 Å². The Morgan fingerprint density at radius 3 is 2.67 bits per heavy atom. The lowest BCUT2D eigenvalue weighted by molar-refractivity contribution is 0.756. The summed E-state index contributed by atoms with van der Waals surface area (Å²) in [4.78, 5) is 0. The maximum absolute atomic E-state index is 5.59. The lowest BCUT2D eigenvalue weighted by Gasteiger charge is -1.83. The molecular formula is C6H9ClN2. The van der Waals surface area contributed by atoms with Crippen LogP contribution in [0, 0.1) is 6.92 Å². The molecule has 0 aliphatic heterocycles. The molecule has 0 unspecified atom stereocenters. The van der Waals surface area contributed by atoms with E-state index in [-0.39, 0.29) is 0 Å². The van der Waals surface area contributed by atoms with Crippen molar-refractivity contribution >= 4 is 11.6 Å². The van der Waals surface area contributed by atoms with Gasteiger partial charge in [0.1, 0.15) is 0 Å². The summed E-state index contributed by atoms with van der Waals surface area (Å²) in [5.74, 6) is 0.555. The van der Waals surface area contributed by atoms with Crippen molar-refractivity contribution in [3.05, 3.63) is 17.5 Å². The molecule has 0 bridgehead atoms. The lowest BCUT2D eigenvalue weighted by atomic mass is 10.3. The first-order valence-electron chi connectivity index (χ1n) is 2.79. The van der Waals surface area contributed by atoms with Gasteiger partial charge in [-0.3, -0.25) is 4.68 Å². The molecule has 1 rings (SSSR count). The zero-order chi connectivity index (χ0) is 6.85. The number of hydrogen-bond acceptors (Lipinski definition) is 1. The molecule has 2 nitrogen and oxygen atoms in total. The normalized spacial score (nSPS) is 10.1. The zero-order valence-corrected chi connectivity index (χ0v) is 6.31. The lowest BCUT2D eigenvalue weighted by Crippen LogP contribution is -1.86. The quantitative estimate of drug-likeness (QED) is 0.546. The molecular weight excluding hydrogens is 136 g/mol. The van der Waals surface area contributed by atoms with Gasteiger partial charge in [-0.25, -0.2) is 0 Å². The van der Waals surface area contributed by atoms with Crippen molar-refractivity contribution in [2.75, 3.05) is 0 Å². The number of aryl methyl sites for hydroxylation is 2. The van der Waals surface area contributed by atoms with Gasteiger partial charge >= 0.3 is 0 Å². The first-order valence-corrected chi connectivity index (χ1v) is 3.32. The van der Waals surface area contributed by atoms with Crippen LogP contribution < -0.4 is 0 Å². The second-order valence-corrected chi connectivity index (χ2v) is 2.31. The average Bonchev–Trinajstić information content (AvgIpc) is 2.10. The Hall–Kier alpha value is -0.500. The highest BCUT2D eigenvalue weighted by atomic mass is 35.5. The Bertz CT molecular complexity index is 205. The zero-order valence-electron chi connectivity index (χ0n) is 5.56. The van der Waals surface area contributed by atoms with Crippen LogP contribution in [0.25, 0.3) is 0 Å². The SMILES string of the molecule is Cc1nn(C)cc1CCl. The second-order valence-electron chi connectivity index (χ2n) is 2.05. The Kier molecular flexibility index (Phi) is 1.76. The van der Waals surface area contributed by atoms with E-state index in [0.717, 1.165) is 11.3 Å². The third-order valence-corrected chi connectivity index (χ3v) is 1.55. The van der Waals surface area contributed by atoms with Crippen LogP contribution in [0.15, 0.2) is 6.20 Å². The van der Waals surface area contributed by atoms with Crippen LogP contribution in [0.2, 0.25) is 0 Å². The topological polar surface area (TPSA) is 17.8 Å². The van der Waals surface area contributed by atoms with E-state index >= 15 is 0 Å². The van der Waals surface area contributed by atoms with Gasteiger partial charge in [0, 0.05) is 18.8 Å². The van der Waals surface area contributed by atoms with Crippen LogP contribution in [0.4, 0.5) is 0 Å². The summed E-state index contributed by atoms with van der Waals surface area (Å²) in [5.41, 5.74) is 2.13. The highest BCUT2D eigenvalue weighted by Crippen LogP contribution is 2.06. The molecule has 0 atom stereocenters. The van der Waals surface area contributed by atoms with Gasteiger partial charge in [-0.05, 0) is 6.92 Å². The summed E-state index contributed by atoms with van der Waals surface area (Å²) in [6.45, 7) is 1.96. The fourth-order valence-electron chi connectivity index (χ4n) is 0.780. The molecule has 0 spiro atoms. The van der Waals surface area contributed by atoms with Crippen LogP contribution in [0.5, 0.6) is 0 Å². The molecule has 0 aromatic carbocycles. The molecule has 0 aliphatic rings. The Labute approximate surface area is 59.4 Å². The van der Waals surface area contributed by atoms with E-state index in [2.05, 4.69) is 5.10 Å². The predicted octanol–water partition coefficient (Wildman–Crippen LogP) is 1.47. The summed E-state index contributed by atoms with van der Waals surface area (Å²) in [5, 5.41) is 4.11. The fourth-order valence-corrected chi connectivity index (χ4v) is 1.04. The van der Waals surface area contributed by atoms with E-state index in [1.165, 1.54) is 0 Å². The second kappa shape index (κ2) is 2.40. The Morgan fingerprint density at radius 2 is 2.44 bits per heavy atom. The highest BCUT2D eigenvalue weighted by molar-refractivity contribution is 6.17. The van der Waals surface area contributed by atoms with E-state index in [9.17, 15) is 0 Å². The van der Waals surface area contributed by atoms with Crippen molar-refractivity contribution in [1.82, 2.24) is 9.78 Å². The number of halogens is 1. The molecule has 1 aromatic heterocycles. The number of alkyl halides is 1. The molecule has 0 amide bonds. The molecule has 0 saturated heterocycles. The van der Waals surface area contributed by atoms with Gasteiger partial charge in [0.15, 0.2) is 0 Å². The minimum atomic E-state index is 0.555. The summed E-state index contributed by atoms with van der Waals surface area (Å²) >= 11 is 5.59. The number of rotatable bonds is 1. The third kappa shape index (κ3) is 1.24. The van der Waals surface area contributed by atoms with Gasteiger partial charge in [0.25, 0.3) is 0 Å². The van der Waals surface area contributed by atoms with Crippen LogP contribution >= 0.6 is 11.6 Å². The number of nitrogens with zero attached hydrogens (tertiary/aromatic N) is 2. The molecule has 1 heterocycles. The third-order valence-electron chi connectivity index (χ3n) is 1.26. The molecule has 1 aromatic rings. The maximum atomic E-state index is 5.59. The summed E-state index contributed by atoms with van der Waals surface area (Å²) < 4.78 is 1.77. The smallest absolute Gasteiger partial charge is 0.0637 e. The Balaban J connectivity index is 3.01. The van der Waals surface area contributed by atoms with Gasteiger partial charge in [0.05, 0.1) is 11.6 Å². The van der Waals surface area contributed by atoms with E-state index in [4.69, 9.17) is 11.6 Å². The first kappa shape index (κ1) is 6.62. The maximum Gasteiger partial charge on any atom is 0.0637 e. The van der Waals surface area contributed by atoms with E-state index in [0.29, 0.717) is 5.88 Å². The summed E-state index contributed by atoms with van der Waals surface area (Å²) in [6, 6.07) is 0. The van der Waals surface area contributed by atoms with E-state index < -0.39 is 0 Å².